The first-order chi connectivity index (χ1) is 7.13. The minimum Gasteiger partial charge on any atom is -0.392 e. The van der Waals surface area contributed by atoms with Gasteiger partial charge in [0.25, 0.3) is 0 Å². The molecule has 0 aliphatic heterocycles. The molecule has 1 rings (SSSR count). The van der Waals surface area contributed by atoms with Crippen LogP contribution in [0.15, 0.2) is 15.2 Å². The highest BCUT2D eigenvalue weighted by Crippen LogP contribution is 2.20. The van der Waals surface area contributed by atoms with E-state index in [9.17, 15) is 5.11 Å². The van der Waals surface area contributed by atoms with E-state index < -0.39 is 0 Å². The van der Waals surface area contributed by atoms with E-state index in [1.807, 2.05) is 0 Å². The molecule has 0 saturated carbocycles. The van der Waals surface area contributed by atoms with E-state index >= 15 is 0 Å². The van der Waals surface area contributed by atoms with Crippen molar-refractivity contribution in [2.24, 2.45) is 5.92 Å². The molecule has 2 atom stereocenters. The van der Waals surface area contributed by atoms with Gasteiger partial charge in [-0.3, -0.25) is 0 Å². The molecular formula is C11H18BrNOS. The zero-order valence-electron chi connectivity index (χ0n) is 9.16. The van der Waals surface area contributed by atoms with Gasteiger partial charge in [-0.05, 0) is 38.9 Å². The van der Waals surface area contributed by atoms with Gasteiger partial charge >= 0.3 is 0 Å². The third kappa shape index (κ3) is 4.64. The molecule has 0 radical (unpaired) electrons. The molecule has 2 N–H and O–H groups in total. The normalized spacial score (nSPS) is 15.2. The standard InChI is InChI=1S/C11H18BrNOS/c1-3-8(2)10(14)6-13-5-9-4-11(12)15-7-9/h4,7-8,10,13-14H,3,5-6H2,1-2H3. The van der Waals surface area contributed by atoms with Gasteiger partial charge in [-0.2, -0.15) is 0 Å². The van der Waals surface area contributed by atoms with Crippen LogP contribution < -0.4 is 5.32 Å². The Morgan fingerprint density at radius 2 is 2.33 bits per heavy atom. The zero-order chi connectivity index (χ0) is 11.3. The summed E-state index contributed by atoms with van der Waals surface area (Å²) in [6.45, 7) is 5.68. The summed E-state index contributed by atoms with van der Waals surface area (Å²) in [4.78, 5) is 0. The number of aliphatic hydroxyl groups excluding tert-OH is 1. The highest BCUT2D eigenvalue weighted by atomic mass is 79.9. The fraction of sp³-hybridized carbons (Fsp3) is 0.636. The molecule has 1 aromatic rings. The van der Waals surface area contributed by atoms with E-state index in [2.05, 4.69) is 46.5 Å². The summed E-state index contributed by atoms with van der Waals surface area (Å²) < 4.78 is 1.15. The fourth-order valence-electron chi connectivity index (χ4n) is 1.28. The maximum Gasteiger partial charge on any atom is 0.0701 e. The predicted molar refractivity (Wildman–Crippen MR) is 69.2 cm³/mol. The van der Waals surface area contributed by atoms with E-state index in [1.165, 1.54) is 5.56 Å². The Morgan fingerprint density at radius 1 is 1.60 bits per heavy atom. The summed E-state index contributed by atoms with van der Waals surface area (Å²) in [6, 6.07) is 2.10. The Kier molecular flexibility index (Phi) is 5.82. The third-order valence-corrected chi connectivity index (χ3v) is 4.16. The molecule has 0 aliphatic rings. The molecule has 1 aromatic heterocycles. The van der Waals surface area contributed by atoms with Crippen LogP contribution in [0.5, 0.6) is 0 Å². The largest absolute Gasteiger partial charge is 0.392 e. The van der Waals surface area contributed by atoms with Crippen molar-refractivity contribution >= 4 is 27.3 Å². The highest BCUT2D eigenvalue weighted by Gasteiger charge is 2.11. The van der Waals surface area contributed by atoms with Gasteiger partial charge in [0.2, 0.25) is 0 Å². The first-order valence-corrected chi connectivity index (χ1v) is 6.92. The first-order valence-electron chi connectivity index (χ1n) is 5.25. The quantitative estimate of drug-likeness (QED) is 0.845. The Labute approximate surface area is 104 Å². The molecule has 0 aromatic carbocycles. The Bertz CT molecular complexity index is 290. The predicted octanol–water partition coefficient (Wildman–Crippen LogP) is 3.01. The maximum atomic E-state index is 9.73. The molecule has 0 aliphatic carbocycles. The van der Waals surface area contributed by atoms with Crippen LogP contribution in [0.1, 0.15) is 25.8 Å². The van der Waals surface area contributed by atoms with Gasteiger partial charge in [-0.1, -0.05) is 20.3 Å². The number of hydrogen-bond donors (Lipinski definition) is 2. The molecule has 86 valence electrons. The number of halogens is 1. The lowest BCUT2D eigenvalue weighted by molar-refractivity contribution is 0.113. The molecule has 0 saturated heterocycles. The van der Waals surface area contributed by atoms with E-state index in [-0.39, 0.29) is 6.10 Å². The number of nitrogens with one attached hydrogen (secondary N) is 1. The Balaban J connectivity index is 2.21. The van der Waals surface area contributed by atoms with Crippen molar-refractivity contribution in [1.29, 1.82) is 0 Å². The van der Waals surface area contributed by atoms with Crippen LogP contribution in [-0.4, -0.2) is 17.8 Å². The smallest absolute Gasteiger partial charge is 0.0701 e. The lowest BCUT2D eigenvalue weighted by atomic mass is 10.0. The van der Waals surface area contributed by atoms with Crippen molar-refractivity contribution < 1.29 is 5.11 Å². The van der Waals surface area contributed by atoms with Gasteiger partial charge in [0.1, 0.15) is 0 Å². The summed E-state index contributed by atoms with van der Waals surface area (Å²) in [5, 5.41) is 15.1. The van der Waals surface area contributed by atoms with Crippen molar-refractivity contribution in [3.05, 3.63) is 20.8 Å². The molecule has 0 amide bonds. The lowest BCUT2D eigenvalue weighted by Crippen LogP contribution is -2.31. The topological polar surface area (TPSA) is 32.3 Å². The molecule has 0 bridgehead atoms. The molecule has 4 heteroatoms. The van der Waals surface area contributed by atoms with E-state index in [0.29, 0.717) is 12.5 Å². The molecule has 2 unspecified atom stereocenters. The number of rotatable bonds is 6. The zero-order valence-corrected chi connectivity index (χ0v) is 11.6. The van der Waals surface area contributed by atoms with Crippen LogP contribution in [0.2, 0.25) is 0 Å². The van der Waals surface area contributed by atoms with Gasteiger partial charge in [-0.25, -0.2) is 0 Å². The number of hydrogen-bond acceptors (Lipinski definition) is 3. The van der Waals surface area contributed by atoms with E-state index in [4.69, 9.17) is 0 Å². The van der Waals surface area contributed by atoms with Crippen LogP contribution >= 0.6 is 27.3 Å². The number of aliphatic hydroxyl groups is 1. The van der Waals surface area contributed by atoms with Gasteiger partial charge in [-0.15, -0.1) is 11.3 Å². The maximum absolute atomic E-state index is 9.73. The van der Waals surface area contributed by atoms with Gasteiger partial charge in [0, 0.05) is 13.1 Å². The van der Waals surface area contributed by atoms with Crippen molar-refractivity contribution in [2.45, 2.75) is 32.9 Å². The highest BCUT2D eigenvalue weighted by molar-refractivity contribution is 9.11. The monoisotopic (exact) mass is 291 g/mol. The minimum absolute atomic E-state index is 0.239. The average Bonchev–Trinajstić information content (AvgIpc) is 2.63. The van der Waals surface area contributed by atoms with Crippen LogP contribution in [0, 0.1) is 5.92 Å². The summed E-state index contributed by atoms with van der Waals surface area (Å²) in [5.41, 5.74) is 1.27. The van der Waals surface area contributed by atoms with Gasteiger partial charge in [0.05, 0.1) is 9.89 Å². The van der Waals surface area contributed by atoms with Crippen molar-refractivity contribution in [1.82, 2.24) is 5.32 Å². The number of thiophene rings is 1. The second kappa shape index (κ2) is 6.63. The fourth-order valence-corrected chi connectivity index (χ4v) is 2.49. The molecule has 2 nitrogen and oxygen atoms in total. The molecule has 1 heterocycles. The van der Waals surface area contributed by atoms with Crippen molar-refractivity contribution in [2.75, 3.05) is 6.54 Å². The van der Waals surface area contributed by atoms with Gasteiger partial charge in [0.15, 0.2) is 0 Å². The first kappa shape index (κ1) is 13.2. The molecule has 0 spiro atoms. The van der Waals surface area contributed by atoms with Crippen LogP contribution in [0.4, 0.5) is 0 Å². The summed E-state index contributed by atoms with van der Waals surface area (Å²) in [7, 11) is 0. The molecule has 0 fully saturated rings. The Morgan fingerprint density at radius 3 is 2.87 bits per heavy atom. The third-order valence-electron chi connectivity index (χ3n) is 2.61. The van der Waals surface area contributed by atoms with Gasteiger partial charge < -0.3 is 10.4 Å². The van der Waals surface area contributed by atoms with Crippen molar-refractivity contribution in [3.63, 3.8) is 0 Å². The molecular weight excluding hydrogens is 274 g/mol. The summed E-state index contributed by atoms with van der Waals surface area (Å²) >= 11 is 5.12. The second-order valence-corrected chi connectivity index (χ2v) is 6.13. The SMILES string of the molecule is CCC(C)C(O)CNCc1csc(Br)c1. The van der Waals surface area contributed by atoms with Crippen LogP contribution in [0.3, 0.4) is 0 Å². The van der Waals surface area contributed by atoms with E-state index in [1.54, 1.807) is 11.3 Å². The van der Waals surface area contributed by atoms with Crippen molar-refractivity contribution in [3.8, 4) is 0 Å². The molecule has 15 heavy (non-hydrogen) atoms. The second-order valence-electron chi connectivity index (χ2n) is 3.84. The lowest BCUT2D eigenvalue weighted by Gasteiger charge is -2.17. The van der Waals surface area contributed by atoms with Crippen LogP contribution in [0.25, 0.3) is 0 Å². The van der Waals surface area contributed by atoms with E-state index in [0.717, 1.165) is 16.8 Å². The average molecular weight is 292 g/mol. The summed E-state index contributed by atoms with van der Waals surface area (Å²) in [5.74, 6) is 0.367. The minimum atomic E-state index is -0.239. The summed E-state index contributed by atoms with van der Waals surface area (Å²) in [6.07, 6.45) is 0.782. The Hall–Kier alpha value is 0.100. The van der Waals surface area contributed by atoms with Crippen LogP contribution in [-0.2, 0) is 6.54 Å².